The van der Waals surface area contributed by atoms with E-state index in [4.69, 9.17) is 11.6 Å². The Labute approximate surface area is 119 Å². The highest BCUT2D eigenvalue weighted by Crippen LogP contribution is 2.28. The molecule has 1 N–H and O–H groups in total. The maximum absolute atomic E-state index is 5.92. The number of aromatic nitrogens is 2. The molecule has 4 heteroatoms. The van der Waals surface area contributed by atoms with Crippen LogP contribution in [0.15, 0.2) is 30.5 Å². The van der Waals surface area contributed by atoms with Crippen LogP contribution in [0.1, 0.15) is 27.2 Å². The lowest BCUT2D eigenvalue weighted by Gasteiger charge is -2.32. The normalized spacial score (nSPS) is 13.5. The minimum absolute atomic E-state index is 0.138. The number of hydrogen-bond donors (Lipinski definition) is 1. The summed E-state index contributed by atoms with van der Waals surface area (Å²) in [5.74, 6) is 0.644. The van der Waals surface area contributed by atoms with E-state index >= 15 is 0 Å². The molecule has 0 radical (unpaired) electrons. The molecule has 0 bridgehead atoms. The molecule has 1 aromatic carbocycles. The van der Waals surface area contributed by atoms with Gasteiger partial charge in [0.25, 0.3) is 0 Å². The number of nitrogens with one attached hydrogen (secondary N) is 1. The third-order valence-electron chi connectivity index (χ3n) is 3.32. The van der Waals surface area contributed by atoms with Crippen LogP contribution in [0, 0.1) is 5.41 Å². The highest BCUT2D eigenvalue weighted by molar-refractivity contribution is 6.17. The molecule has 102 valence electrons. The number of anilines is 1. The predicted molar refractivity (Wildman–Crippen MR) is 81.7 cm³/mol. The summed E-state index contributed by atoms with van der Waals surface area (Å²) in [6.45, 7) is 6.65. The van der Waals surface area contributed by atoms with Crippen molar-refractivity contribution in [1.82, 2.24) is 10.2 Å². The zero-order valence-corrected chi connectivity index (χ0v) is 12.4. The van der Waals surface area contributed by atoms with E-state index in [-0.39, 0.29) is 5.41 Å². The topological polar surface area (TPSA) is 37.8 Å². The van der Waals surface area contributed by atoms with Gasteiger partial charge >= 0.3 is 0 Å². The SMILES string of the molecule is CC(C)(C)C(CCCl)Nc1cnnc2ccccc12. The van der Waals surface area contributed by atoms with Crippen molar-refractivity contribution in [3.8, 4) is 0 Å². The number of hydrogen-bond acceptors (Lipinski definition) is 3. The van der Waals surface area contributed by atoms with E-state index in [2.05, 4.69) is 42.4 Å². The molecule has 1 unspecified atom stereocenters. The van der Waals surface area contributed by atoms with E-state index in [0.717, 1.165) is 23.0 Å². The summed E-state index contributed by atoms with van der Waals surface area (Å²) in [5, 5.41) is 12.9. The van der Waals surface area contributed by atoms with Crippen molar-refractivity contribution >= 4 is 28.2 Å². The van der Waals surface area contributed by atoms with Crippen molar-refractivity contribution in [2.45, 2.75) is 33.2 Å². The fraction of sp³-hybridized carbons (Fsp3) is 0.467. The first-order valence-electron chi connectivity index (χ1n) is 6.55. The molecule has 0 amide bonds. The zero-order chi connectivity index (χ0) is 13.9. The molecule has 19 heavy (non-hydrogen) atoms. The summed E-state index contributed by atoms with van der Waals surface area (Å²) in [4.78, 5) is 0. The Kier molecular flexibility index (Phi) is 4.25. The van der Waals surface area contributed by atoms with Gasteiger partial charge in [0.1, 0.15) is 0 Å². The lowest BCUT2D eigenvalue weighted by Crippen LogP contribution is -2.34. The van der Waals surface area contributed by atoms with E-state index in [0.29, 0.717) is 11.9 Å². The Bertz CT molecular complexity index is 543. The second kappa shape index (κ2) is 5.74. The average molecular weight is 278 g/mol. The summed E-state index contributed by atoms with van der Waals surface area (Å²) in [6, 6.07) is 8.33. The van der Waals surface area contributed by atoms with Crippen molar-refractivity contribution in [1.29, 1.82) is 0 Å². The summed E-state index contributed by atoms with van der Waals surface area (Å²) in [6.07, 6.45) is 2.71. The lowest BCUT2D eigenvalue weighted by atomic mass is 9.85. The molecule has 0 spiro atoms. The quantitative estimate of drug-likeness (QED) is 0.856. The van der Waals surface area contributed by atoms with Gasteiger partial charge < -0.3 is 5.32 Å². The number of benzene rings is 1. The molecule has 2 aromatic rings. The van der Waals surface area contributed by atoms with E-state index < -0.39 is 0 Å². The van der Waals surface area contributed by atoms with Crippen LogP contribution in [-0.4, -0.2) is 22.1 Å². The van der Waals surface area contributed by atoms with Crippen LogP contribution in [0.25, 0.3) is 10.9 Å². The van der Waals surface area contributed by atoms with Crippen molar-refractivity contribution < 1.29 is 0 Å². The molecule has 0 saturated heterocycles. The first-order chi connectivity index (χ1) is 9.02. The van der Waals surface area contributed by atoms with Crippen LogP contribution in [-0.2, 0) is 0 Å². The molecule has 0 aliphatic heterocycles. The van der Waals surface area contributed by atoms with Crippen LogP contribution in [0.2, 0.25) is 0 Å². The Morgan fingerprint density at radius 3 is 2.68 bits per heavy atom. The van der Waals surface area contributed by atoms with Gasteiger partial charge in [-0.05, 0) is 17.9 Å². The third kappa shape index (κ3) is 3.35. The van der Waals surface area contributed by atoms with Gasteiger partial charge in [-0.25, -0.2) is 0 Å². The van der Waals surface area contributed by atoms with Crippen molar-refractivity contribution in [3.63, 3.8) is 0 Å². The van der Waals surface area contributed by atoms with Crippen LogP contribution in [0.4, 0.5) is 5.69 Å². The molecule has 2 rings (SSSR count). The Balaban J connectivity index is 2.34. The fourth-order valence-corrected chi connectivity index (χ4v) is 2.36. The van der Waals surface area contributed by atoms with Gasteiger partial charge in [0, 0.05) is 17.3 Å². The second-order valence-corrected chi connectivity index (χ2v) is 6.19. The minimum Gasteiger partial charge on any atom is -0.380 e. The first kappa shape index (κ1) is 14.1. The smallest absolute Gasteiger partial charge is 0.0950 e. The van der Waals surface area contributed by atoms with Gasteiger partial charge in [-0.1, -0.05) is 39.0 Å². The number of rotatable bonds is 4. The Hall–Kier alpha value is -1.35. The van der Waals surface area contributed by atoms with Gasteiger partial charge in [0.2, 0.25) is 0 Å². The standard InChI is InChI=1S/C15H20ClN3/c1-15(2,3)14(8-9-16)18-13-10-17-19-12-7-5-4-6-11(12)13/h4-7,10,14H,8-9H2,1-3H3,(H,18,19). The molecule has 3 nitrogen and oxygen atoms in total. The number of halogens is 1. The van der Waals surface area contributed by atoms with Crippen molar-refractivity contribution in [2.24, 2.45) is 5.41 Å². The highest BCUT2D eigenvalue weighted by atomic mass is 35.5. The van der Waals surface area contributed by atoms with Gasteiger partial charge in [-0.2, -0.15) is 10.2 Å². The molecule has 1 atom stereocenters. The van der Waals surface area contributed by atoms with Crippen LogP contribution < -0.4 is 5.32 Å². The number of nitrogens with zero attached hydrogens (tertiary/aromatic N) is 2. The summed E-state index contributed by atoms with van der Waals surface area (Å²) in [5.41, 5.74) is 2.07. The highest BCUT2D eigenvalue weighted by Gasteiger charge is 2.24. The third-order valence-corrected chi connectivity index (χ3v) is 3.54. The van der Waals surface area contributed by atoms with E-state index in [9.17, 15) is 0 Å². The van der Waals surface area contributed by atoms with E-state index in [1.807, 2.05) is 18.2 Å². The predicted octanol–water partition coefficient (Wildman–Crippen LogP) is 4.09. The molecule has 1 heterocycles. The Morgan fingerprint density at radius 2 is 2.00 bits per heavy atom. The Morgan fingerprint density at radius 1 is 1.26 bits per heavy atom. The molecule has 0 fully saturated rings. The fourth-order valence-electron chi connectivity index (χ4n) is 2.14. The number of fused-ring (bicyclic) bond motifs is 1. The molecule has 1 aromatic heterocycles. The maximum Gasteiger partial charge on any atom is 0.0950 e. The molecule has 0 saturated carbocycles. The van der Waals surface area contributed by atoms with E-state index in [1.54, 1.807) is 6.20 Å². The summed E-state index contributed by atoms with van der Waals surface area (Å²) >= 11 is 5.92. The molecule has 0 aliphatic carbocycles. The van der Waals surface area contributed by atoms with Crippen LogP contribution in [0.3, 0.4) is 0 Å². The average Bonchev–Trinajstić information content (AvgIpc) is 2.37. The van der Waals surface area contributed by atoms with Crippen molar-refractivity contribution in [2.75, 3.05) is 11.2 Å². The van der Waals surface area contributed by atoms with Crippen LogP contribution in [0.5, 0.6) is 0 Å². The zero-order valence-electron chi connectivity index (χ0n) is 11.7. The molecule has 0 aliphatic rings. The lowest BCUT2D eigenvalue weighted by molar-refractivity contribution is 0.335. The first-order valence-corrected chi connectivity index (χ1v) is 7.09. The second-order valence-electron chi connectivity index (χ2n) is 5.82. The summed E-state index contributed by atoms with van der Waals surface area (Å²) < 4.78 is 0. The maximum atomic E-state index is 5.92. The van der Waals surface area contributed by atoms with Crippen molar-refractivity contribution in [3.05, 3.63) is 30.5 Å². The summed E-state index contributed by atoms with van der Waals surface area (Å²) in [7, 11) is 0. The number of alkyl halides is 1. The largest absolute Gasteiger partial charge is 0.380 e. The molecular weight excluding hydrogens is 258 g/mol. The van der Waals surface area contributed by atoms with Gasteiger partial charge in [0.15, 0.2) is 0 Å². The molecular formula is C15H20ClN3. The van der Waals surface area contributed by atoms with Crippen LogP contribution >= 0.6 is 11.6 Å². The van der Waals surface area contributed by atoms with E-state index in [1.165, 1.54) is 0 Å². The minimum atomic E-state index is 0.138. The monoisotopic (exact) mass is 277 g/mol. The van der Waals surface area contributed by atoms with Gasteiger partial charge in [-0.3, -0.25) is 0 Å². The van der Waals surface area contributed by atoms with Gasteiger partial charge in [0.05, 0.1) is 17.4 Å². The van der Waals surface area contributed by atoms with Gasteiger partial charge in [-0.15, -0.1) is 11.6 Å².